The molecule has 7 heavy (non-hydrogen) atoms. The summed E-state index contributed by atoms with van der Waals surface area (Å²) in [6, 6.07) is 0. The molecule has 0 fully saturated rings. The zero-order valence-corrected chi connectivity index (χ0v) is 7.20. The average molecular weight is 136 g/mol. The summed E-state index contributed by atoms with van der Waals surface area (Å²) in [4.78, 5) is 0. The molecule has 0 saturated heterocycles. The van der Waals surface area contributed by atoms with Crippen LogP contribution in [0.15, 0.2) is 0 Å². The van der Waals surface area contributed by atoms with Gasteiger partial charge in [0.2, 0.25) is 0 Å². The van der Waals surface area contributed by atoms with Gasteiger partial charge in [0.05, 0.1) is 0 Å². The summed E-state index contributed by atoms with van der Waals surface area (Å²) >= 11 is 0. The zero-order chi connectivity index (χ0) is 5.70. The van der Waals surface area contributed by atoms with Crippen LogP contribution in [-0.4, -0.2) is 18.2 Å². The smallest absolute Gasteiger partial charge is 0.0176 e. The predicted molar refractivity (Wildman–Crippen MR) is 42.6 cm³/mol. The van der Waals surface area contributed by atoms with Gasteiger partial charge < -0.3 is 0 Å². The minimum atomic E-state index is 0.409. The van der Waals surface area contributed by atoms with Gasteiger partial charge in [-0.2, -0.15) is 0 Å². The highest BCUT2D eigenvalue weighted by atomic mass is 31.2. The number of hydrogen-bond donors (Lipinski definition) is 0. The normalized spacial score (nSPS) is 10.3. The molecule has 0 aromatic heterocycles. The van der Waals surface area contributed by atoms with E-state index in [0.29, 0.717) is 7.92 Å². The summed E-state index contributed by atoms with van der Waals surface area (Å²) < 4.78 is 0. The summed E-state index contributed by atoms with van der Waals surface area (Å²) in [6.45, 7) is 4.55. The fourth-order valence-electron chi connectivity index (χ4n) is 0.482. The van der Waals surface area contributed by atoms with Crippen LogP contribution in [0.4, 0.5) is 0 Å². The largest absolute Gasteiger partial charge is 0.133 e. The molecule has 0 saturated carbocycles. The Hall–Kier alpha value is 0.860. The molecule has 44 valence electrons. The lowest BCUT2D eigenvalue weighted by atomic mass is 11.0. The number of hydrogen-bond acceptors (Lipinski definition) is 0. The van der Waals surface area contributed by atoms with Gasteiger partial charge in [-0.1, -0.05) is 13.8 Å². The van der Waals surface area contributed by atoms with Crippen LogP contribution in [-0.2, 0) is 0 Å². The maximum atomic E-state index is 2.81. The topological polar surface area (TPSA) is 0 Å². The van der Waals surface area contributed by atoms with E-state index in [-0.39, 0.29) is 0 Å². The highest BCUT2D eigenvalue weighted by Crippen LogP contribution is 2.35. The molecule has 0 aliphatic heterocycles. The Labute approximate surface area is 50.0 Å². The van der Waals surface area contributed by atoms with Crippen molar-refractivity contribution in [1.82, 2.24) is 0 Å². The van der Waals surface area contributed by atoms with E-state index in [1.807, 2.05) is 0 Å². The highest BCUT2D eigenvalue weighted by molar-refractivity contribution is 7.64. The van der Waals surface area contributed by atoms with Crippen molar-refractivity contribution in [2.24, 2.45) is 0 Å². The van der Waals surface area contributed by atoms with Crippen molar-refractivity contribution in [3.63, 3.8) is 0 Å². The first-order valence-electron chi connectivity index (χ1n) is 2.77. The predicted octanol–water partition coefficient (Wildman–Crippen LogP) is 2.34. The van der Waals surface area contributed by atoms with Gasteiger partial charge >= 0.3 is 0 Å². The average Bonchev–Trinajstić information content (AvgIpc) is 1.72. The summed E-state index contributed by atoms with van der Waals surface area (Å²) in [6.07, 6.45) is 2.80. The van der Waals surface area contributed by atoms with Gasteiger partial charge in [-0.3, -0.25) is 0 Å². The molecule has 0 radical (unpaired) electrons. The lowest BCUT2D eigenvalue weighted by Gasteiger charge is -2.06. The molecular weight excluding hydrogens is 122 g/mol. The van der Waals surface area contributed by atoms with Gasteiger partial charge in [-0.05, 0) is 18.2 Å². The van der Waals surface area contributed by atoms with Crippen molar-refractivity contribution in [2.45, 2.75) is 13.8 Å². The quantitative estimate of drug-likeness (QED) is 0.522. The Kier molecular flexibility index (Phi) is 5.62. The molecule has 0 aliphatic rings. The van der Waals surface area contributed by atoms with Crippen LogP contribution < -0.4 is 0 Å². The molecule has 0 N–H and O–H groups in total. The Balaban J connectivity index is 2.99. The van der Waals surface area contributed by atoms with Crippen LogP contribution in [0.25, 0.3) is 0 Å². The molecule has 0 amide bonds. The summed E-state index contributed by atoms with van der Waals surface area (Å²) in [5.74, 6) is 1.34. The molecule has 0 aromatic carbocycles. The first kappa shape index (κ1) is 7.86. The van der Waals surface area contributed by atoms with Crippen molar-refractivity contribution >= 4 is 17.2 Å². The summed E-state index contributed by atoms with van der Waals surface area (Å²) in [7, 11) is 3.22. The maximum absolute atomic E-state index is 2.81. The van der Waals surface area contributed by atoms with Gasteiger partial charge in [0, 0.05) is 0 Å². The second kappa shape index (κ2) is 5.01. The number of rotatable bonds is 3. The fourth-order valence-corrected chi connectivity index (χ4v) is 2.99. The van der Waals surface area contributed by atoms with Gasteiger partial charge in [-0.15, -0.1) is 17.2 Å². The van der Waals surface area contributed by atoms with Crippen molar-refractivity contribution < 1.29 is 0 Å². The van der Waals surface area contributed by atoms with Gasteiger partial charge in [0.25, 0.3) is 0 Å². The zero-order valence-electron chi connectivity index (χ0n) is 5.15. The molecule has 0 nitrogen and oxygen atoms in total. The van der Waals surface area contributed by atoms with Crippen LogP contribution in [0.2, 0.25) is 0 Å². The Morgan fingerprint density at radius 1 is 1.29 bits per heavy atom. The van der Waals surface area contributed by atoms with Crippen molar-refractivity contribution in [3.8, 4) is 0 Å². The molecule has 0 bridgehead atoms. The van der Waals surface area contributed by atoms with Crippen molar-refractivity contribution in [2.75, 3.05) is 18.2 Å². The Morgan fingerprint density at radius 3 is 1.71 bits per heavy atom. The Morgan fingerprint density at radius 2 is 1.71 bits per heavy atom. The second-order valence-corrected chi connectivity index (χ2v) is 5.55. The van der Waals surface area contributed by atoms with E-state index in [1.165, 1.54) is 18.2 Å². The van der Waals surface area contributed by atoms with Crippen molar-refractivity contribution in [3.05, 3.63) is 0 Å². The third-order valence-corrected chi connectivity index (χ3v) is 5.01. The van der Waals surface area contributed by atoms with E-state index in [1.54, 1.807) is 0 Å². The van der Waals surface area contributed by atoms with E-state index < -0.39 is 0 Å². The third kappa shape index (κ3) is 3.44. The SMILES string of the molecule is CCP(CC)CP. The maximum Gasteiger partial charge on any atom is -0.0176 e. The van der Waals surface area contributed by atoms with Crippen molar-refractivity contribution in [1.29, 1.82) is 0 Å². The lowest BCUT2D eigenvalue weighted by molar-refractivity contribution is 1.41. The summed E-state index contributed by atoms with van der Waals surface area (Å²) in [5, 5.41) is 0. The third-order valence-electron chi connectivity index (χ3n) is 1.15. The molecule has 0 rings (SSSR count). The van der Waals surface area contributed by atoms with E-state index in [2.05, 4.69) is 23.1 Å². The van der Waals surface area contributed by atoms with Crippen LogP contribution in [0.1, 0.15) is 13.8 Å². The van der Waals surface area contributed by atoms with Gasteiger partial charge in [0.1, 0.15) is 0 Å². The molecule has 1 unspecified atom stereocenters. The highest BCUT2D eigenvalue weighted by Gasteiger charge is 1.94. The standard InChI is InChI=1S/C5H14P2/c1-3-7(4-2)5-6/h3-6H2,1-2H3. The van der Waals surface area contributed by atoms with E-state index in [0.717, 1.165) is 0 Å². The molecule has 2 heteroatoms. The molecule has 1 atom stereocenters. The van der Waals surface area contributed by atoms with E-state index >= 15 is 0 Å². The second-order valence-electron chi connectivity index (χ2n) is 1.49. The van der Waals surface area contributed by atoms with E-state index in [4.69, 9.17) is 0 Å². The molecule has 0 aliphatic carbocycles. The fraction of sp³-hybridized carbons (Fsp3) is 1.00. The first-order valence-corrected chi connectivity index (χ1v) is 5.49. The minimum Gasteiger partial charge on any atom is -0.133 e. The lowest BCUT2D eigenvalue weighted by Crippen LogP contribution is -1.80. The monoisotopic (exact) mass is 136 g/mol. The van der Waals surface area contributed by atoms with E-state index in [9.17, 15) is 0 Å². The van der Waals surface area contributed by atoms with Gasteiger partial charge in [0.15, 0.2) is 0 Å². The van der Waals surface area contributed by atoms with Crippen LogP contribution in [0.3, 0.4) is 0 Å². The van der Waals surface area contributed by atoms with Gasteiger partial charge in [-0.25, -0.2) is 0 Å². The first-order chi connectivity index (χ1) is 3.35. The Bertz CT molecular complexity index is 27.6. The van der Waals surface area contributed by atoms with Crippen LogP contribution in [0.5, 0.6) is 0 Å². The minimum absolute atomic E-state index is 0.409. The molecular formula is C5H14P2. The van der Waals surface area contributed by atoms with Crippen LogP contribution in [0, 0.1) is 0 Å². The molecule has 0 aromatic rings. The summed E-state index contributed by atoms with van der Waals surface area (Å²) in [5.41, 5.74) is 0. The van der Waals surface area contributed by atoms with Crippen LogP contribution >= 0.6 is 17.2 Å². The molecule has 0 heterocycles. The molecule has 0 spiro atoms.